The van der Waals surface area contributed by atoms with Crippen LogP contribution in [0.5, 0.6) is 0 Å². The lowest BCUT2D eigenvalue weighted by atomic mass is 10.1. The molecule has 0 radical (unpaired) electrons. The normalized spacial score (nSPS) is 13.2. The van der Waals surface area contributed by atoms with E-state index in [-0.39, 0.29) is 0 Å². The van der Waals surface area contributed by atoms with Gasteiger partial charge >= 0.3 is 0 Å². The van der Waals surface area contributed by atoms with Crippen LogP contribution < -0.4 is 5.84 Å². The average Bonchev–Trinajstić information content (AvgIpc) is 2.15. The van der Waals surface area contributed by atoms with Crippen LogP contribution >= 0.6 is 0 Å². The average molecular weight is 182 g/mol. The van der Waals surface area contributed by atoms with Gasteiger partial charge in [0, 0.05) is 18.7 Å². The van der Waals surface area contributed by atoms with Crippen LogP contribution in [-0.4, -0.2) is 11.6 Å². The van der Waals surface area contributed by atoms with Crippen molar-refractivity contribution in [2.24, 2.45) is 11.8 Å². The molecule has 0 aliphatic carbocycles. The molecule has 0 aromatic heterocycles. The molecule has 13 heavy (non-hydrogen) atoms. The third-order valence-corrected chi connectivity index (χ3v) is 2.21. The third kappa shape index (κ3) is 5.47. The lowest BCUT2D eigenvalue weighted by molar-refractivity contribution is 0.374. The van der Waals surface area contributed by atoms with Crippen LogP contribution in [0.25, 0.3) is 0 Å². The van der Waals surface area contributed by atoms with Gasteiger partial charge in [0.1, 0.15) is 0 Å². The second kappa shape index (κ2) is 6.72. The van der Waals surface area contributed by atoms with Crippen molar-refractivity contribution in [1.82, 2.24) is 5.01 Å². The molecule has 1 unspecified atom stereocenters. The predicted octanol–water partition coefficient (Wildman–Crippen LogP) is 2.69. The van der Waals surface area contributed by atoms with Crippen molar-refractivity contribution in [3.05, 3.63) is 24.4 Å². The van der Waals surface area contributed by atoms with Crippen LogP contribution in [0.3, 0.4) is 0 Å². The molecule has 0 rings (SSSR count). The van der Waals surface area contributed by atoms with Gasteiger partial charge in [-0.25, -0.2) is 5.84 Å². The van der Waals surface area contributed by atoms with Crippen molar-refractivity contribution in [3.63, 3.8) is 0 Å². The quantitative estimate of drug-likeness (QED) is 0.389. The van der Waals surface area contributed by atoms with Gasteiger partial charge in [-0.15, -0.1) is 0 Å². The lowest BCUT2D eigenvalue weighted by Crippen LogP contribution is -2.28. The SMILES string of the molecule is C=C(CC=CC(C)CC)N(N)CC. The van der Waals surface area contributed by atoms with Gasteiger partial charge in [-0.3, -0.25) is 0 Å². The van der Waals surface area contributed by atoms with Crippen molar-refractivity contribution in [2.75, 3.05) is 6.54 Å². The highest BCUT2D eigenvalue weighted by molar-refractivity contribution is 5.00. The second-order valence-corrected chi connectivity index (χ2v) is 3.37. The summed E-state index contributed by atoms with van der Waals surface area (Å²) in [5.74, 6) is 6.32. The van der Waals surface area contributed by atoms with E-state index >= 15 is 0 Å². The molecule has 0 aromatic rings. The molecule has 1 atom stereocenters. The van der Waals surface area contributed by atoms with E-state index < -0.39 is 0 Å². The molecule has 0 aliphatic rings. The van der Waals surface area contributed by atoms with Gasteiger partial charge in [-0.05, 0) is 12.8 Å². The Morgan fingerprint density at radius 3 is 2.62 bits per heavy atom. The van der Waals surface area contributed by atoms with Gasteiger partial charge in [-0.1, -0.05) is 39.0 Å². The first kappa shape index (κ1) is 12.2. The van der Waals surface area contributed by atoms with Gasteiger partial charge in [0.05, 0.1) is 0 Å². The zero-order chi connectivity index (χ0) is 10.3. The molecule has 0 aliphatic heterocycles. The van der Waals surface area contributed by atoms with E-state index in [0.29, 0.717) is 5.92 Å². The summed E-state index contributed by atoms with van der Waals surface area (Å²) >= 11 is 0. The highest BCUT2D eigenvalue weighted by Gasteiger charge is 1.97. The van der Waals surface area contributed by atoms with Gasteiger partial charge in [0.25, 0.3) is 0 Å². The first-order valence-electron chi connectivity index (χ1n) is 4.98. The fourth-order valence-corrected chi connectivity index (χ4v) is 0.913. The number of allylic oxidation sites excluding steroid dienone is 2. The number of nitrogens with two attached hydrogens (primary N) is 1. The van der Waals surface area contributed by atoms with Gasteiger partial charge in [0.2, 0.25) is 0 Å². The summed E-state index contributed by atoms with van der Waals surface area (Å²) in [5, 5.41) is 1.68. The fraction of sp³-hybridized carbons (Fsp3) is 0.636. The number of nitrogens with zero attached hydrogens (tertiary/aromatic N) is 1. The topological polar surface area (TPSA) is 29.3 Å². The van der Waals surface area contributed by atoms with Gasteiger partial charge < -0.3 is 5.01 Å². The number of hydrogen-bond acceptors (Lipinski definition) is 2. The number of hydrazine groups is 1. The highest BCUT2D eigenvalue weighted by atomic mass is 15.4. The fourth-order valence-electron chi connectivity index (χ4n) is 0.913. The maximum Gasteiger partial charge on any atom is 0.0309 e. The molecule has 0 heterocycles. The first-order chi connectivity index (χ1) is 6.11. The molecular weight excluding hydrogens is 160 g/mol. The Balaban J connectivity index is 3.75. The summed E-state index contributed by atoms with van der Waals surface area (Å²) < 4.78 is 0. The maximum atomic E-state index is 5.67. The van der Waals surface area contributed by atoms with Gasteiger partial charge in [-0.2, -0.15) is 0 Å². The molecule has 2 nitrogen and oxygen atoms in total. The Morgan fingerprint density at radius 1 is 1.54 bits per heavy atom. The third-order valence-electron chi connectivity index (χ3n) is 2.21. The van der Waals surface area contributed by atoms with E-state index in [1.54, 1.807) is 5.01 Å². The van der Waals surface area contributed by atoms with Crippen LogP contribution in [0, 0.1) is 5.92 Å². The molecule has 0 fully saturated rings. The molecule has 76 valence electrons. The van der Waals surface area contributed by atoms with Gasteiger partial charge in [0.15, 0.2) is 0 Å². The minimum absolute atomic E-state index is 0.653. The maximum absolute atomic E-state index is 5.67. The molecule has 0 aromatic carbocycles. The Hall–Kier alpha value is -0.760. The zero-order valence-electron chi connectivity index (χ0n) is 9.09. The smallest absolute Gasteiger partial charge is 0.0309 e. The highest BCUT2D eigenvalue weighted by Crippen LogP contribution is 2.06. The molecule has 2 N–H and O–H groups in total. The van der Waals surface area contributed by atoms with E-state index in [2.05, 4.69) is 32.6 Å². The van der Waals surface area contributed by atoms with Crippen molar-refractivity contribution in [1.29, 1.82) is 0 Å². The van der Waals surface area contributed by atoms with Crippen LogP contribution in [0.4, 0.5) is 0 Å². The largest absolute Gasteiger partial charge is 0.316 e. The van der Waals surface area contributed by atoms with Crippen LogP contribution in [0.1, 0.15) is 33.6 Å². The van der Waals surface area contributed by atoms with E-state index in [1.165, 1.54) is 6.42 Å². The lowest BCUT2D eigenvalue weighted by Gasteiger charge is -2.17. The summed E-state index contributed by atoms with van der Waals surface area (Å²) in [7, 11) is 0. The predicted molar refractivity (Wildman–Crippen MR) is 58.9 cm³/mol. The summed E-state index contributed by atoms with van der Waals surface area (Å²) in [6.45, 7) is 11.1. The summed E-state index contributed by atoms with van der Waals surface area (Å²) in [6, 6.07) is 0. The molecule has 0 bridgehead atoms. The Morgan fingerprint density at radius 2 is 2.15 bits per heavy atom. The first-order valence-corrected chi connectivity index (χ1v) is 4.98. The van der Waals surface area contributed by atoms with Crippen molar-refractivity contribution in [3.8, 4) is 0 Å². The van der Waals surface area contributed by atoms with Crippen molar-refractivity contribution in [2.45, 2.75) is 33.6 Å². The summed E-state index contributed by atoms with van der Waals surface area (Å²) in [6.07, 6.45) is 6.40. The Bertz CT molecular complexity index is 173. The van der Waals surface area contributed by atoms with Crippen molar-refractivity contribution < 1.29 is 0 Å². The standard InChI is InChI=1S/C11H22N2/c1-5-10(3)8-7-9-11(4)13(12)6-2/h7-8,10H,4-6,9,12H2,1-3H3. The second-order valence-electron chi connectivity index (χ2n) is 3.37. The monoisotopic (exact) mass is 182 g/mol. The molecule has 0 saturated carbocycles. The van der Waals surface area contributed by atoms with E-state index in [1.807, 2.05) is 6.92 Å². The summed E-state index contributed by atoms with van der Waals surface area (Å²) in [5.41, 5.74) is 0.974. The van der Waals surface area contributed by atoms with E-state index in [4.69, 9.17) is 5.84 Å². The zero-order valence-corrected chi connectivity index (χ0v) is 9.09. The molecule has 0 amide bonds. The molecule has 0 saturated heterocycles. The Labute approximate surface area is 82.1 Å². The van der Waals surface area contributed by atoms with Crippen LogP contribution in [0.15, 0.2) is 24.4 Å². The van der Waals surface area contributed by atoms with Crippen molar-refractivity contribution >= 4 is 0 Å². The Kier molecular flexibility index (Phi) is 6.33. The number of hydrogen-bond donors (Lipinski definition) is 1. The molecule has 0 spiro atoms. The minimum Gasteiger partial charge on any atom is -0.316 e. The van der Waals surface area contributed by atoms with E-state index in [0.717, 1.165) is 18.7 Å². The van der Waals surface area contributed by atoms with Crippen LogP contribution in [0.2, 0.25) is 0 Å². The van der Waals surface area contributed by atoms with E-state index in [9.17, 15) is 0 Å². The summed E-state index contributed by atoms with van der Waals surface area (Å²) in [4.78, 5) is 0. The van der Waals surface area contributed by atoms with Crippen LogP contribution in [-0.2, 0) is 0 Å². The number of rotatable bonds is 6. The molecule has 2 heteroatoms. The minimum atomic E-state index is 0.653. The molecular formula is C11H22N2.